The lowest BCUT2D eigenvalue weighted by atomic mass is 9.80. The van der Waals surface area contributed by atoms with Gasteiger partial charge in [0.15, 0.2) is 0 Å². The quantitative estimate of drug-likeness (QED) is 0.837. The van der Waals surface area contributed by atoms with Gasteiger partial charge in [0.1, 0.15) is 11.5 Å². The topological polar surface area (TPSA) is 29.5 Å². The van der Waals surface area contributed by atoms with Gasteiger partial charge in [-0.25, -0.2) is 0 Å². The van der Waals surface area contributed by atoms with E-state index < -0.39 is 0 Å². The van der Waals surface area contributed by atoms with Crippen LogP contribution >= 0.6 is 0 Å². The van der Waals surface area contributed by atoms with Gasteiger partial charge in [-0.1, -0.05) is 27.7 Å². The van der Waals surface area contributed by atoms with Crippen LogP contribution in [0.15, 0.2) is 12.1 Å². The third-order valence-electron chi connectivity index (χ3n) is 3.53. The summed E-state index contributed by atoms with van der Waals surface area (Å²) in [4.78, 5) is 0. The molecule has 2 heteroatoms. The van der Waals surface area contributed by atoms with Crippen LogP contribution in [0.1, 0.15) is 59.1 Å². The van der Waals surface area contributed by atoms with E-state index in [1.807, 2.05) is 26.0 Å². The molecule has 0 atom stereocenters. The van der Waals surface area contributed by atoms with Crippen LogP contribution in [0.5, 0.6) is 11.5 Å². The van der Waals surface area contributed by atoms with E-state index in [-0.39, 0.29) is 11.5 Å². The van der Waals surface area contributed by atoms with Gasteiger partial charge in [0, 0.05) is 5.56 Å². The molecule has 0 fully saturated rings. The summed E-state index contributed by atoms with van der Waals surface area (Å²) in [5.41, 5.74) is 1.91. The molecule has 1 aromatic rings. The van der Waals surface area contributed by atoms with Gasteiger partial charge < -0.3 is 9.84 Å². The molecule has 0 saturated carbocycles. The van der Waals surface area contributed by atoms with Crippen molar-refractivity contribution < 1.29 is 9.84 Å². The monoisotopic (exact) mass is 250 g/mol. The van der Waals surface area contributed by atoms with E-state index in [9.17, 15) is 5.11 Å². The third-order valence-corrected chi connectivity index (χ3v) is 3.53. The Bertz CT molecular complexity index is 406. The fourth-order valence-corrected chi connectivity index (χ4v) is 1.98. The van der Waals surface area contributed by atoms with Gasteiger partial charge in [-0.15, -0.1) is 0 Å². The highest BCUT2D eigenvalue weighted by atomic mass is 16.5. The summed E-state index contributed by atoms with van der Waals surface area (Å²) in [5, 5.41) is 10.4. The standard InChI is InChI=1S/C16H26O2/c1-7-12-9-13(18-11(3)4)10-14(15(12)17)16(5,6)8-2/h9-11,17H,7-8H2,1-6H3. The van der Waals surface area contributed by atoms with Crippen molar-refractivity contribution in [1.29, 1.82) is 0 Å². The molecule has 0 saturated heterocycles. The minimum atomic E-state index is -0.0373. The largest absolute Gasteiger partial charge is 0.507 e. The molecule has 18 heavy (non-hydrogen) atoms. The van der Waals surface area contributed by atoms with Crippen molar-refractivity contribution >= 4 is 0 Å². The molecule has 0 amide bonds. The summed E-state index contributed by atoms with van der Waals surface area (Å²) in [6.07, 6.45) is 1.94. The smallest absolute Gasteiger partial charge is 0.122 e. The second-order valence-electron chi connectivity index (χ2n) is 5.74. The molecular formula is C16H26O2. The maximum atomic E-state index is 10.4. The van der Waals surface area contributed by atoms with Crippen molar-refractivity contribution in [1.82, 2.24) is 0 Å². The van der Waals surface area contributed by atoms with Gasteiger partial charge in [0.25, 0.3) is 0 Å². The summed E-state index contributed by atoms with van der Waals surface area (Å²) < 4.78 is 5.78. The Kier molecular flexibility index (Phi) is 4.66. The van der Waals surface area contributed by atoms with Crippen LogP contribution in [0.3, 0.4) is 0 Å². The molecular weight excluding hydrogens is 224 g/mol. The maximum Gasteiger partial charge on any atom is 0.122 e. The van der Waals surface area contributed by atoms with Crippen molar-refractivity contribution in [2.45, 2.75) is 65.9 Å². The fraction of sp³-hybridized carbons (Fsp3) is 0.625. The molecule has 1 N–H and O–H groups in total. The number of aryl methyl sites for hydroxylation is 1. The summed E-state index contributed by atoms with van der Waals surface area (Å²) >= 11 is 0. The molecule has 0 unspecified atom stereocenters. The van der Waals surface area contributed by atoms with Gasteiger partial charge in [0.05, 0.1) is 6.10 Å². The first-order valence-electron chi connectivity index (χ1n) is 6.84. The fourth-order valence-electron chi connectivity index (χ4n) is 1.98. The van der Waals surface area contributed by atoms with Crippen molar-refractivity contribution in [2.24, 2.45) is 0 Å². The molecule has 0 spiro atoms. The number of hydrogen-bond donors (Lipinski definition) is 1. The lowest BCUT2D eigenvalue weighted by molar-refractivity contribution is 0.241. The van der Waals surface area contributed by atoms with Crippen LogP contribution in [0, 0.1) is 0 Å². The van der Waals surface area contributed by atoms with E-state index in [2.05, 4.69) is 27.7 Å². The van der Waals surface area contributed by atoms with Crippen molar-refractivity contribution in [3.05, 3.63) is 23.3 Å². The third kappa shape index (κ3) is 3.18. The lowest BCUT2D eigenvalue weighted by Crippen LogP contribution is -2.17. The van der Waals surface area contributed by atoms with Gasteiger partial charge >= 0.3 is 0 Å². The first-order chi connectivity index (χ1) is 8.31. The van der Waals surface area contributed by atoms with E-state index >= 15 is 0 Å². The van der Waals surface area contributed by atoms with Crippen LogP contribution in [0.4, 0.5) is 0 Å². The molecule has 0 bridgehead atoms. The zero-order valence-electron chi connectivity index (χ0n) is 12.5. The van der Waals surface area contributed by atoms with E-state index in [1.54, 1.807) is 0 Å². The van der Waals surface area contributed by atoms with E-state index in [1.165, 1.54) is 0 Å². The second kappa shape index (κ2) is 5.64. The molecule has 0 aliphatic rings. The Morgan fingerprint density at radius 2 is 1.83 bits per heavy atom. The first kappa shape index (κ1) is 14.9. The van der Waals surface area contributed by atoms with E-state index in [0.717, 1.165) is 29.7 Å². The minimum absolute atomic E-state index is 0.0373. The molecule has 0 aliphatic heterocycles. The zero-order chi connectivity index (χ0) is 13.9. The molecule has 0 heterocycles. The number of benzene rings is 1. The van der Waals surface area contributed by atoms with Crippen LogP contribution in [0.25, 0.3) is 0 Å². The van der Waals surface area contributed by atoms with Crippen molar-refractivity contribution in [2.75, 3.05) is 0 Å². The Labute approximate surface area is 111 Å². The molecule has 0 radical (unpaired) electrons. The number of ether oxygens (including phenoxy) is 1. The number of hydrogen-bond acceptors (Lipinski definition) is 2. The highest BCUT2D eigenvalue weighted by Gasteiger charge is 2.24. The Morgan fingerprint density at radius 1 is 1.22 bits per heavy atom. The lowest BCUT2D eigenvalue weighted by Gasteiger charge is -2.26. The normalized spacial score (nSPS) is 11.9. The zero-order valence-corrected chi connectivity index (χ0v) is 12.5. The number of aromatic hydroxyl groups is 1. The molecule has 1 aromatic carbocycles. The average molecular weight is 250 g/mol. The number of phenols is 1. The Morgan fingerprint density at radius 3 is 2.28 bits per heavy atom. The summed E-state index contributed by atoms with van der Waals surface area (Å²) in [7, 11) is 0. The molecule has 0 aliphatic carbocycles. The highest BCUT2D eigenvalue weighted by Crippen LogP contribution is 2.39. The molecule has 102 valence electrons. The van der Waals surface area contributed by atoms with Crippen LogP contribution in [-0.2, 0) is 11.8 Å². The average Bonchev–Trinajstić information content (AvgIpc) is 2.30. The van der Waals surface area contributed by atoms with Gasteiger partial charge in [-0.3, -0.25) is 0 Å². The number of rotatable bonds is 5. The van der Waals surface area contributed by atoms with E-state index in [0.29, 0.717) is 5.75 Å². The highest BCUT2D eigenvalue weighted by molar-refractivity contribution is 5.49. The maximum absolute atomic E-state index is 10.4. The van der Waals surface area contributed by atoms with Crippen LogP contribution < -0.4 is 4.74 Å². The van der Waals surface area contributed by atoms with Gasteiger partial charge in [-0.2, -0.15) is 0 Å². The summed E-state index contributed by atoms with van der Waals surface area (Å²) in [5.74, 6) is 1.29. The first-order valence-corrected chi connectivity index (χ1v) is 6.84. The van der Waals surface area contributed by atoms with Gasteiger partial charge in [-0.05, 0) is 49.8 Å². The summed E-state index contributed by atoms with van der Waals surface area (Å²) in [6, 6.07) is 3.93. The second-order valence-corrected chi connectivity index (χ2v) is 5.74. The Hall–Kier alpha value is -1.18. The molecule has 1 rings (SSSR count). The molecule has 2 nitrogen and oxygen atoms in total. The predicted molar refractivity (Wildman–Crippen MR) is 76.6 cm³/mol. The van der Waals surface area contributed by atoms with Gasteiger partial charge in [0.2, 0.25) is 0 Å². The molecule has 0 aromatic heterocycles. The predicted octanol–water partition coefficient (Wildman–Crippen LogP) is 4.43. The Balaban J connectivity index is 3.31. The van der Waals surface area contributed by atoms with Crippen LogP contribution in [0.2, 0.25) is 0 Å². The summed E-state index contributed by atoms with van der Waals surface area (Å²) in [6.45, 7) is 12.5. The minimum Gasteiger partial charge on any atom is -0.507 e. The number of phenolic OH excluding ortho intramolecular Hbond substituents is 1. The van der Waals surface area contributed by atoms with Crippen LogP contribution in [-0.4, -0.2) is 11.2 Å². The van der Waals surface area contributed by atoms with E-state index in [4.69, 9.17) is 4.74 Å². The van der Waals surface area contributed by atoms with Crippen molar-refractivity contribution in [3.63, 3.8) is 0 Å². The SMILES string of the molecule is CCc1cc(OC(C)C)cc(C(C)(C)CC)c1O. The van der Waals surface area contributed by atoms with Crippen molar-refractivity contribution in [3.8, 4) is 11.5 Å².